The monoisotopic (exact) mass is 281 g/mol. The molecule has 0 N–H and O–H groups in total. The van der Waals surface area contributed by atoms with Crippen LogP contribution >= 0.6 is 0 Å². The van der Waals surface area contributed by atoms with E-state index in [0.29, 0.717) is 5.92 Å². The van der Waals surface area contributed by atoms with Crippen LogP contribution in [0.4, 0.5) is 5.82 Å². The zero-order valence-corrected chi connectivity index (χ0v) is 11.7. The largest absolute Gasteiger partial charge is 0.355 e. The maximum Gasteiger partial charge on any atom is 0.176 e. The number of hydrogen-bond donors (Lipinski definition) is 0. The zero-order chi connectivity index (χ0) is 14.2. The Morgan fingerprint density at radius 2 is 1.95 bits per heavy atom. The van der Waals surface area contributed by atoms with Gasteiger partial charge in [-0.2, -0.15) is 5.10 Å². The van der Waals surface area contributed by atoms with Crippen molar-refractivity contribution in [3.8, 4) is 0 Å². The van der Waals surface area contributed by atoms with Gasteiger partial charge in [-0.3, -0.25) is 4.98 Å². The number of aromatic nitrogens is 6. The molecule has 0 spiro atoms. The lowest BCUT2D eigenvalue weighted by atomic mass is 10.0. The zero-order valence-electron chi connectivity index (χ0n) is 11.7. The summed E-state index contributed by atoms with van der Waals surface area (Å²) in [7, 11) is 1.91. The molecule has 3 aromatic heterocycles. The Hall–Kier alpha value is -2.57. The van der Waals surface area contributed by atoms with Gasteiger partial charge in [0, 0.05) is 50.8 Å². The minimum absolute atomic E-state index is 0.354. The molecule has 7 heteroatoms. The van der Waals surface area contributed by atoms with Crippen LogP contribution in [0.25, 0.3) is 11.2 Å². The molecule has 0 aliphatic carbocycles. The molecule has 21 heavy (non-hydrogen) atoms. The minimum Gasteiger partial charge on any atom is -0.355 e. The highest BCUT2D eigenvalue weighted by Crippen LogP contribution is 2.31. The number of rotatable bonds is 2. The van der Waals surface area contributed by atoms with Crippen molar-refractivity contribution in [2.45, 2.75) is 12.3 Å². The molecule has 4 rings (SSSR count). The van der Waals surface area contributed by atoms with Crippen LogP contribution in [0.1, 0.15) is 18.0 Å². The van der Waals surface area contributed by atoms with E-state index in [-0.39, 0.29) is 0 Å². The summed E-state index contributed by atoms with van der Waals surface area (Å²) in [5.74, 6) is 1.28. The molecule has 1 unspecified atom stereocenters. The van der Waals surface area contributed by atoms with Gasteiger partial charge in [-0.25, -0.2) is 19.6 Å². The van der Waals surface area contributed by atoms with Gasteiger partial charge in [-0.15, -0.1) is 0 Å². The third-order valence-electron chi connectivity index (χ3n) is 3.93. The second kappa shape index (κ2) is 4.76. The van der Waals surface area contributed by atoms with Crippen molar-refractivity contribution in [3.63, 3.8) is 0 Å². The Morgan fingerprint density at radius 1 is 1.10 bits per heavy atom. The SMILES string of the molecule is Cn1nc(C2CCN(c3cnccn3)C2)c2nccnc21. The number of hydrogen-bond acceptors (Lipinski definition) is 6. The second-order valence-corrected chi connectivity index (χ2v) is 5.23. The summed E-state index contributed by atoms with van der Waals surface area (Å²) in [4.78, 5) is 19.5. The van der Waals surface area contributed by atoms with Crippen molar-refractivity contribution in [2.24, 2.45) is 7.05 Å². The van der Waals surface area contributed by atoms with Crippen molar-refractivity contribution in [1.29, 1.82) is 0 Å². The van der Waals surface area contributed by atoms with Gasteiger partial charge in [0.05, 0.1) is 11.9 Å². The highest BCUT2D eigenvalue weighted by molar-refractivity contribution is 5.73. The van der Waals surface area contributed by atoms with Crippen LogP contribution in [0, 0.1) is 0 Å². The fraction of sp³-hybridized carbons (Fsp3) is 0.357. The number of nitrogens with zero attached hydrogens (tertiary/aromatic N) is 7. The van der Waals surface area contributed by atoms with Gasteiger partial charge >= 0.3 is 0 Å². The first-order chi connectivity index (χ1) is 10.3. The van der Waals surface area contributed by atoms with Gasteiger partial charge < -0.3 is 4.90 Å². The van der Waals surface area contributed by atoms with E-state index < -0.39 is 0 Å². The number of aryl methyl sites for hydroxylation is 1. The third-order valence-corrected chi connectivity index (χ3v) is 3.93. The van der Waals surface area contributed by atoms with Gasteiger partial charge in [0.2, 0.25) is 0 Å². The molecule has 0 aromatic carbocycles. The van der Waals surface area contributed by atoms with E-state index in [4.69, 9.17) is 0 Å². The minimum atomic E-state index is 0.354. The van der Waals surface area contributed by atoms with Crippen molar-refractivity contribution in [1.82, 2.24) is 29.7 Å². The van der Waals surface area contributed by atoms with Gasteiger partial charge in [-0.05, 0) is 6.42 Å². The van der Waals surface area contributed by atoms with Gasteiger partial charge in [0.1, 0.15) is 11.3 Å². The Morgan fingerprint density at radius 3 is 2.81 bits per heavy atom. The molecule has 4 heterocycles. The van der Waals surface area contributed by atoms with Crippen LogP contribution in [-0.2, 0) is 7.05 Å². The van der Waals surface area contributed by atoms with Crippen molar-refractivity contribution >= 4 is 17.0 Å². The van der Waals surface area contributed by atoms with E-state index in [9.17, 15) is 0 Å². The molecular weight excluding hydrogens is 266 g/mol. The topological polar surface area (TPSA) is 72.6 Å². The molecular formula is C14H15N7. The third kappa shape index (κ3) is 2.01. The summed E-state index contributed by atoms with van der Waals surface area (Å²) in [5.41, 5.74) is 2.78. The fourth-order valence-electron chi connectivity index (χ4n) is 2.93. The summed E-state index contributed by atoms with van der Waals surface area (Å²) >= 11 is 0. The van der Waals surface area contributed by atoms with Crippen LogP contribution in [0.5, 0.6) is 0 Å². The lowest BCUT2D eigenvalue weighted by Crippen LogP contribution is -2.20. The molecule has 0 saturated carbocycles. The summed E-state index contributed by atoms with van der Waals surface area (Å²) < 4.78 is 1.81. The van der Waals surface area contributed by atoms with Crippen molar-refractivity contribution in [2.75, 3.05) is 18.0 Å². The first-order valence-corrected chi connectivity index (χ1v) is 6.97. The molecule has 1 aliphatic heterocycles. The Kier molecular flexibility index (Phi) is 2.77. The second-order valence-electron chi connectivity index (χ2n) is 5.23. The maximum absolute atomic E-state index is 4.63. The Balaban J connectivity index is 1.66. The van der Waals surface area contributed by atoms with Crippen LogP contribution < -0.4 is 4.90 Å². The lowest BCUT2D eigenvalue weighted by Gasteiger charge is -2.16. The lowest BCUT2D eigenvalue weighted by molar-refractivity contribution is 0.692. The van der Waals surface area contributed by atoms with Crippen molar-refractivity contribution in [3.05, 3.63) is 36.7 Å². The number of anilines is 1. The molecule has 0 radical (unpaired) electrons. The summed E-state index contributed by atoms with van der Waals surface area (Å²) in [5, 5.41) is 4.63. The van der Waals surface area contributed by atoms with Crippen molar-refractivity contribution < 1.29 is 0 Å². The highest BCUT2D eigenvalue weighted by Gasteiger charge is 2.29. The van der Waals surface area contributed by atoms with Crippen LogP contribution in [-0.4, -0.2) is 42.8 Å². The molecule has 3 aromatic rings. The molecule has 1 atom stereocenters. The average Bonchev–Trinajstić information content (AvgIpc) is 3.14. The van der Waals surface area contributed by atoms with Gasteiger partial charge in [0.15, 0.2) is 5.65 Å². The smallest absolute Gasteiger partial charge is 0.176 e. The fourth-order valence-corrected chi connectivity index (χ4v) is 2.93. The predicted molar refractivity (Wildman–Crippen MR) is 77.9 cm³/mol. The normalized spacial score (nSPS) is 18.5. The molecule has 0 bridgehead atoms. The quantitative estimate of drug-likeness (QED) is 0.701. The molecule has 1 aliphatic rings. The van der Waals surface area contributed by atoms with Crippen LogP contribution in [0.15, 0.2) is 31.0 Å². The first-order valence-electron chi connectivity index (χ1n) is 6.97. The predicted octanol–water partition coefficient (Wildman–Crippen LogP) is 1.15. The average molecular weight is 281 g/mol. The van der Waals surface area contributed by atoms with E-state index in [0.717, 1.165) is 42.2 Å². The first kappa shape index (κ1) is 12.2. The molecule has 1 saturated heterocycles. The van der Waals surface area contributed by atoms with E-state index in [1.165, 1.54) is 0 Å². The Labute approximate surface area is 121 Å². The van der Waals surface area contributed by atoms with Crippen LogP contribution in [0.3, 0.4) is 0 Å². The summed E-state index contributed by atoms with van der Waals surface area (Å²) in [6.07, 6.45) is 9.69. The standard InChI is InChI=1S/C14H15N7/c1-20-14-13(17-5-6-18-14)12(19-20)10-2-7-21(9-10)11-8-15-3-4-16-11/h3-6,8,10H,2,7,9H2,1H3. The summed E-state index contributed by atoms with van der Waals surface area (Å²) in [6, 6.07) is 0. The van der Waals surface area contributed by atoms with E-state index in [1.807, 2.05) is 11.7 Å². The Bertz CT molecular complexity index is 767. The van der Waals surface area contributed by atoms with Gasteiger partial charge in [0.25, 0.3) is 0 Å². The van der Waals surface area contributed by atoms with E-state index in [2.05, 4.69) is 29.9 Å². The molecule has 7 nitrogen and oxygen atoms in total. The molecule has 0 amide bonds. The van der Waals surface area contributed by atoms with Gasteiger partial charge in [-0.1, -0.05) is 0 Å². The molecule has 106 valence electrons. The maximum atomic E-state index is 4.63. The highest BCUT2D eigenvalue weighted by atomic mass is 15.3. The van der Waals surface area contributed by atoms with E-state index in [1.54, 1.807) is 31.0 Å². The van der Waals surface area contributed by atoms with Crippen LogP contribution in [0.2, 0.25) is 0 Å². The molecule has 1 fully saturated rings. The summed E-state index contributed by atoms with van der Waals surface area (Å²) in [6.45, 7) is 1.85. The number of fused-ring (bicyclic) bond motifs is 1. The van der Waals surface area contributed by atoms with E-state index >= 15 is 0 Å².